The normalized spacial score (nSPS) is 21.0. The van der Waals surface area contributed by atoms with E-state index >= 15 is 0 Å². The van der Waals surface area contributed by atoms with Gasteiger partial charge >= 0.3 is 11.4 Å². The van der Waals surface area contributed by atoms with Gasteiger partial charge in [-0.05, 0) is 81.4 Å². The third-order valence-corrected chi connectivity index (χ3v) is 25.5. The summed E-state index contributed by atoms with van der Waals surface area (Å²) in [5.74, 6) is 1.52. The van der Waals surface area contributed by atoms with Crippen LogP contribution in [0, 0.1) is 19.8 Å². The smallest absolute Gasteiger partial charge is 0.330 e. The molecule has 0 aliphatic carbocycles. The molecule has 0 unspecified atom stereocenters. The molecule has 0 radical (unpaired) electrons. The minimum atomic E-state index is -3.04. The molecule has 2 aromatic heterocycles. The average Bonchev–Trinajstić information content (AvgIpc) is 3.94. The maximum atomic E-state index is 13.4. The Balaban J connectivity index is 1.06. The van der Waals surface area contributed by atoms with Crippen LogP contribution in [0.5, 0.6) is 0 Å². The molecule has 0 spiro atoms. The number of aromatic amines is 2. The summed E-state index contributed by atoms with van der Waals surface area (Å²) in [6.07, 6.45) is 3.25. The van der Waals surface area contributed by atoms with Crippen LogP contribution >= 0.6 is 11.8 Å². The molecular weight excluding hydrogens is 933 g/mol. The highest BCUT2D eigenvalue weighted by Gasteiger charge is 2.54. The topological polar surface area (TPSA) is 147 Å². The molecule has 370 valence electrons. The van der Waals surface area contributed by atoms with Crippen molar-refractivity contribution >= 4 is 49.1 Å². The van der Waals surface area contributed by atoms with Gasteiger partial charge in [-0.1, -0.05) is 163 Å². The number of nitrogens with zero attached hydrogens (tertiary/aromatic N) is 2. The van der Waals surface area contributed by atoms with Crippen molar-refractivity contribution in [3.63, 3.8) is 0 Å². The summed E-state index contributed by atoms with van der Waals surface area (Å²) in [5.41, 5.74) is -0.967. The maximum Gasteiger partial charge on any atom is 0.330 e. The van der Waals surface area contributed by atoms with E-state index in [9.17, 15) is 19.2 Å². The van der Waals surface area contributed by atoms with Crippen LogP contribution in [-0.4, -0.2) is 72.2 Å². The molecule has 12 nitrogen and oxygen atoms in total. The SMILES string of the molecule is Cc1cn([C@H]2C[C@H](CSCC[C@H]3O[C@@H](n4cc(C)c(=O)[nH]c4=O)C[C@@H]3O[Si](c3ccccc3)(c3ccccc3)C(C)(C)C)[C@@H](CCO[Si](c3ccccc3)(c3ccccc3)C(C)(C)C)O2)c(=O)[nH]c1=O. The second kappa shape index (κ2) is 21.3. The summed E-state index contributed by atoms with van der Waals surface area (Å²) in [6, 6.07) is 42.2. The molecule has 4 heterocycles. The maximum absolute atomic E-state index is 13.4. The third-order valence-electron chi connectivity index (χ3n) is 14.2. The Kier molecular flexibility index (Phi) is 15.6. The lowest BCUT2D eigenvalue weighted by molar-refractivity contribution is -0.0188. The third kappa shape index (κ3) is 10.4. The molecular formula is C55H68N4O8SSi2. The zero-order chi connectivity index (χ0) is 49.8. The number of H-pyrrole nitrogens is 2. The fourth-order valence-electron chi connectivity index (χ4n) is 10.7. The molecule has 0 bridgehead atoms. The van der Waals surface area contributed by atoms with E-state index in [1.54, 1.807) is 26.2 Å². The van der Waals surface area contributed by atoms with E-state index in [1.807, 2.05) is 36.0 Å². The Morgan fingerprint density at radius 1 is 0.586 bits per heavy atom. The monoisotopic (exact) mass is 1000 g/mol. The van der Waals surface area contributed by atoms with Gasteiger partial charge in [0.25, 0.3) is 27.8 Å². The minimum absolute atomic E-state index is 0.0565. The number of aryl methyl sites for hydroxylation is 2. The number of thioether (sulfide) groups is 1. The number of rotatable bonds is 17. The first-order valence-electron chi connectivity index (χ1n) is 24.5. The molecule has 4 aromatic carbocycles. The Bertz CT molecular complexity index is 2860. The first-order chi connectivity index (χ1) is 33.4. The molecule has 2 N–H and O–H groups in total. The number of hydrogen-bond acceptors (Lipinski definition) is 9. The number of ether oxygens (including phenoxy) is 2. The van der Waals surface area contributed by atoms with Crippen molar-refractivity contribution in [3.05, 3.63) is 187 Å². The summed E-state index contributed by atoms with van der Waals surface area (Å²) in [5, 5.41) is 4.22. The van der Waals surface area contributed by atoms with Crippen LogP contribution in [0.3, 0.4) is 0 Å². The van der Waals surface area contributed by atoms with Crippen LogP contribution in [0.15, 0.2) is 153 Å². The molecule has 15 heteroatoms. The first-order valence-corrected chi connectivity index (χ1v) is 29.5. The highest BCUT2D eigenvalue weighted by molar-refractivity contribution is 7.99. The van der Waals surface area contributed by atoms with Gasteiger partial charge in [-0.2, -0.15) is 11.8 Å². The van der Waals surface area contributed by atoms with Crippen molar-refractivity contribution in [1.29, 1.82) is 0 Å². The number of aromatic nitrogens is 4. The van der Waals surface area contributed by atoms with Crippen LogP contribution in [0.25, 0.3) is 0 Å². The molecule has 0 saturated carbocycles. The van der Waals surface area contributed by atoms with Gasteiger partial charge in [-0.25, -0.2) is 9.59 Å². The molecule has 0 amide bonds. The van der Waals surface area contributed by atoms with Crippen molar-refractivity contribution in [2.45, 2.75) is 122 Å². The van der Waals surface area contributed by atoms with E-state index in [0.29, 0.717) is 43.4 Å². The van der Waals surface area contributed by atoms with Crippen LogP contribution < -0.4 is 43.2 Å². The van der Waals surface area contributed by atoms with Gasteiger partial charge in [0.1, 0.15) is 12.5 Å². The Labute approximate surface area is 417 Å². The molecule has 6 atom stereocenters. The lowest BCUT2D eigenvalue weighted by Gasteiger charge is -2.45. The average molecular weight is 1000 g/mol. The van der Waals surface area contributed by atoms with E-state index in [4.69, 9.17) is 18.3 Å². The van der Waals surface area contributed by atoms with Crippen LogP contribution in [0.1, 0.15) is 90.8 Å². The summed E-state index contributed by atoms with van der Waals surface area (Å²) in [7, 11) is -5.87. The molecule has 70 heavy (non-hydrogen) atoms. The van der Waals surface area contributed by atoms with Gasteiger partial charge < -0.3 is 18.3 Å². The summed E-state index contributed by atoms with van der Waals surface area (Å²) in [6.45, 7) is 17.4. The van der Waals surface area contributed by atoms with E-state index in [0.717, 1.165) is 21.9 Å². The molecule has 6 aromatic rings. The van der Waals surface area contributed by atoms with Gasteiger partial charge in [-0.3, -0.25) is 28.7 Å². The highest BCUT2D eigenvalue weighted by Crippen LogP contribution is 2.43. The van der Waals surface area contributed by atoms with E-state index in [2.05, 4.69) is 149 Å². The van der Waals surface area contributed by atoms with E-state index in [1.165, 1.54) is 19.5 Å². The lowest BCUT2D eigenvalue weighted by atomic mass is 10.0. The van der Waals surface area contributed by atoms with Crippen LogP contribution in [0.2, 0.25) is 10.1 Å². The fourth-order valence-corrected chi connectivity index (χ4v) is 21.2. The second-order valence-corrected chi connectivity index (χ2v) is 30.6. The first kappa shape index (κ1) is 51.2. The van der Waals surface area contributed by atoms with Crippen molar-refractivity contribution in [1.82, 2.24) is 19.1 Å². The molecule has 2 fully saturated rings. The van der Waals surface area contributed by atoms with Crippen LogP contribution in [0.4, 0.5) is 0 Å². The van der Waals surface area contributed by atoms with Gasteiger partial charge in [0, 0.05) is 36.5 Å². The van der Waals surface area contributed by atoms with Gasteiger partial charge in [0.2, 0.25) is 0 Å². The number of hydrogen-bond donors (Lipinski definition) is 2. The predicted octanol–water partition coefficient (Wildman–Crippen LogP) is 6.93. The van der Waals surface area contributed by atoms with Crippen molar-refractivity contribution in [2.24, 2.45) is 5.92 Å². The fraction of sp³-hybridized carbons (Fsp3) is 0.418. The van der Waals surface area contributed by atoms with E-state index < -0.39 is 51.6 Å². The summed E-state index contributed by atoms with van der Waals surface area (Å²) < 4.78 is 31.8. The predicted molar refractivity (Wildman–Crippen MR) is 285 cm³/mol. The minimum Gasteiger partial charge on any atom is -0.407 e. The Morgan fingerprint density at radius 3 is 1.44 bits per heavy atom. The van der Waals surface area contributed by atoms with Gasteiger partial charge in [-0.15, -0.1) is 0 Å². The lowest BCUT2D eigenvalue weighted by Crippen LogP contribution is -2.68. The zero-order valence-corrected chi connectivity index (χ0v) is 44.5. The molecule has 8 rings (SSSR count). The van der Waals surface area contributed by atoms with E-state index in [-0.39, 0.29) is 34.3 Å². The van der Waals surface area contributed by atoms with Crippen molar-refractivity contribution in [2.75, 3.05) is 18.1 Å². The van der Waals surface area contributed by atoms with Gasteiger partial charge in [0.15, 0.2) is 0 Å². The van der Waals surface area contributed by atoms with Gasteiger partial charge in [0.05, 0.1) is 18.3 Å². The Morgan fingerprint density at radius 2 is 1.00 bits per heavy atom. The molecule has 2 aliphatic rings. The van der Waals surface area contributed by atoms with Crippen LogP contribution in [-0.2, 0) is 18.3 Å². The second-order valence-electron chi connectivity index (χ2n) is 20.9. The van der Waals surface area contributed by atoms with Crippen molar-refractivity contribution in [3.8, 4) is 0 Å². The molecule has 2 aliphatic heterocycles. The number of nitrogens with one attached hydrogen (secondary N) is 2. The quantitative estimate of drug-likeness (QED) is 0.0734. The number of benzene rings is 4. The zero-order valence-electron chi connectivity index (χ0n) is 41.7. The van der Waals surface area contributed by atoms with Crippen molar-refractivity contribution < 1.29 is 18.3 Å². The summed E-state index contributed by atoms with van der Waals surface area (Å²) >= 11 is 1.81. The highest BCUT2D eigenvalue weighted by atomic mass is 32.2. The Hall–Kier alpha value is -5.14. The standard InChI is InChI=1S/C55H68N4O8SSi2/c1-38-35-58(52(62)56-50(38)60)48-33-40(45(65-48)29-31-64-69(54(3,4)5,41-21-13-9-14-22-41)42-23-15-10-16-24-42)37-68-32-30-46-47(34-49(66-46)59-36-39(2)51(61)57-53(59)63)67-70(55(6,7)8,43-25-17-11-18-26-43)44-27-19-12-20-28-44/h9-28,35-36,40,45-49H,29-34,37H2,1-8H3,(H,56,60,62)(H,57,61,63)/t40-,45-,46-,47+,48-,49-/m1/s1. The molecule has 2 saturated heterocycles. The largest absolute Gasteiger partial charge is 0.407 e. The summed E-state index contributed by atoms with van der Waals surface area (Å²) in [4.78, 5) is 56.5.